The number of nitro groups is 1. The molecule has 2 aromatic rings. The predicted octanol–water partition coefficient (Wildman–Crippen LogP) is 3.27. The maximum absolute atomic E-state index is 10.9. The van der Waals surface area contributed by atoms with Gasteiger partial charge in [0.15, 0.2) is 0 Å². The lowest BCUT2D eigenvalue weighted by Crippen LogP contribution is -1.97. The zero-order valence-corrected chi connectivity index (χ0v) is 11.0. The van der Waals surface area contributed by atoms with E-state index in [2.05, 4.69) is 4.98 Å². The standard InChI is InChI=1S/C14H11N3O3/c1-9-7-13(10(2)6-12(9)17(18)19)20-14-11(8-15)4-3-5-16-14/h3-7H,1-2H3. The number of hydrogen-bond acceptors (Lipinski definition) is 5. The summed E-state index contributed by atoms with van der Waals surface area (Å²) in [6.07, 6.45) is 1.52. The smallest absolute Gasteiger partial charge is 0.272 e. The largest absolute Gasteiger partial charge is 0.437 e. The van der Waals surface area contributed by atoms with Crippen LogP contribution in [0, 0.1) is 35.3 Å². The molecule has 0 fully saturated rings. The third kappa shape index (κ3) is 2.57. The Balaban J connectivity index is 2.43. The van der Waals surface area contributed by atoms with Crippen LogP contribution < -0.4 is 4.74 Å². The SMILES string of the molecule is Cc1cc([N+](=O)[O-])c(C)cc1Oc1ncccc1C#N. The van der Waals surface area contributed by atoms with E-state index in [-0.39, 0.29) is 11.6 Å². The molecule has 6 heteroatoms. The molecule has 20 heavy (non-hydrogen) atoms. The second-order valence-electron chi connectivity index (χ2n) is 4.23. The van der Waals surface area contributed by atoms with Crippen LogP contribution >= 0.6 is 0 Å². The number of nitrogens with zero attached hydrogens (tertiary/aromatic N) is 3. The summed E-state index contributed by atoms with van der Waals surface area (Å²) < 4.78 is 5.59. The minimum atomic E-state index is -0.437. The van der Waals surface area contributed by atoms with Crippen molar-refractivity contribution in [1.29, 1.82) is 5.26 Å². The van der Waals surface area contributed by atoms with Crippen LogP contribution in [-0.4, -0.2) is 9.91 Å². The quantitative estimate of drug-likeness (QED) is 0.630. The van der Waals surface area contributed by atoms with E-state index in [0.717, 1.165) is 0 Å². The lowest BCUT2D eigenvalue weighted by molar-refractivity contribution is -0.385. The van der Waals surface area contributed by atoms with Crippen LogP contribution in [0.4, 0.5) is 5.69 Å². The molecule has 0 saturated heterocycles. The molecule has 0 spiro atoms. The zero-order chi connectivity index (χ0) is 14.7. The maximum Gasteiger partial charge on any atom is 0.272 e. The normalized spacial score (nSPS) is 9.85. The van der Waals surface area contributed by atoms with E-state index < -0.39 is 4.92 Å². The Morgan fingerprint density at radius 1 is 1.35 bits per heavy atom. The number of ether oxygens (including phenoxy) is 1. The van der Waals surface area contributed by atoms with Gasteiger partial charge in [0, 0.05) is 17.8 Å². The summed E-state index contributed by atoms with van der Waals surface area (Å²) in [5, 5.41) is 19.8. The number of pyridine rings is 1. The van der Waals surface area contributed by atoms with Crippen molar-refractivity contribution in [1.82, 2.24) is 4.98 Å². The van der Waals surface area contributed by atoms with E-state index in [1.54, 1.807) is 32.0 Å². The third-order valence-corrected chi connectivity index (χ3v) is 2.79. The van der Waals surface area contributed by atoms with Crippen molar-refractivity contribution in [3.8, 4) is 17.7 Å². The maximum atomic E-state index is 10.9. The first-order valence-corrected chi connectivity index (χ1v) is 5.81. The Morgan fingerprint density at radius 2 is 2.10 bits per heavy atom. The minimum absolute atomic E-state index is 0.0383. The van der Waals surface area contributed by atoms with Crippen LogP contribution in [0.3, 0.4) is 0 Å². The van der Waals surface area contributed by atoms with Crippen LogP contribution in [0.1, 0.15) is 16.7 Å². The van der Waals surface area contributed by atoms with Crippen molar-refractivity contribution < 1.29 is 9.66 Å². The van der Waals surface area contributed by atoms with E-state index in [9.17, 15) is 10.1 Å². The van der Waals surface area contributed by atoms with Crippen LogP contribution in [-0.2, 0) is 0 Å². The Labute approximate surface area is 115 Å². The molecule has 100 valence electrons. The molecule has 0 aliphatic rings. The van der Waals surface area contributed by atoms with Crippen molar-refractivity contribution in [3.05, 3.63) is 57.3 Å². The molecule has 1 aromatic carbocycles. The molecule has 0 amide bonds. The van der Waals surface area contributed by atoms with Crippen LogP contribution in [0.2, 0.25) is 0 Å². The average molecular weight is 269 g/mol. The highest BCUT2D eigenvalue weighted by Crippen LogP contribution is 2.31. The van der Waals surface area contributed by atoms with Gasteiger partial charge in [0.05, 0.1) is 4.92 Å². The molecule has 0 unspecified atom stereocenters. The molecule has 0 bridgehead atoms. The fourth-order valence-electron chi connectivity index (χ4n) is 1.74. The average Bonchev–Trinajstić information content (AvgIpc) is 2.42. The van der Waals surface area contributed by atoms with Gasteiger partial charge < -0.3 is 4.74 Å². The van der Waals surface area contributed by atoms with Gasteiger partial charge in [-0.05, 0) is 37.6 Å². The van der Waals surface area contributed by atoms with Gasteiger partial charge in [-0.25, -0.2) is 4.98 Å². The van der Waals surface area contributed by atoms with Crippen molar-refractivity contribution >= 4 is 5.69 Å². The summed E-state index contributed by atoms with van der Waals surface area (Å²) in [6, 6.07) is 8.23. The van der Waals surface area contributed by atoms with Crippen LogP contribution in [0.15, 0.2) is 30.5 Å². The first-order valence-electron chi connectivity index (χ1n) is 5.81. The second kappa shape index (κ2) is 5.36. The Kier molecular flexibility index (Phi) is 3.62. The number of rotatable bonds is 3. The predicted molar refractivity (Wildman–Crippen MR) is 71.6 cm³/mol. The molecule has 0 aliphatic carbocycles. The number of hydrogen-bond donors (Lipinski definition) is 0. The van der Waals surface area contributed by atoms with Crippen molar-refractivity contribution in [2.24, 2.45) is 0 Å². The number of nitro benzene ring substituents is 1. The molecule has 1 heterocycles. The van der Waals surface area contributed by atoms with Gasteiger partial charge in [0.2, 0.25) is 5.88 Å². The Hall–Kier alpha value is -2.94. The summed E-state index contributed by atoms with van der Waals surface area (Å²) >= 11 is 0. The van der Waals surface area contributed by atoms with E-state index in [0.29, 0.717) is 22.4 Å². The highest BCUT2D eigenvalue weighted by Gasteiger charge is 2.15. The van der Waals surface area contributed by atoms with Gasteiger partial charge in [-0.3, -0.25) is 10.1 Å². The molecule has 0 atom stereocenters. The van der Waals surface area contributed by atoms with Gasteiger partial charge >= 0.3 is 0 Å². The summed E-state index contributed by atoms with van der Waals surface area (Å²) in [7, 11) is 0. The van der Waals surface area contributed by atoms with Gasteiger partial charge in [-0.15, -0.1) is 0 Å². The molecule has 0 aliphatic heterocycles. The second-order valence-corrected chi connectivity index (χ2v) is 4.23. The fraction of sp³-hybridized carbons (Fsp3) is 0.143. The lowest BCUT2D eigenvalue weighted by atomic mass is 10.1. The van der Waals surface area contributed by atoms with Crippen molar-refractivity contribution in [3.63, 3.8) is 0 Å². The molecule has 6 nitrogen and oxygen atoms in total. The zero-order valence-electron chi connectivity index (χ0n) is 11.0. The molecule has 0 N–H and O–H groups in total. The monoisotopic (exact) mass is 269 g/mol. The van der Waals surface area contributed by atoms with Crippen LogP contribution in [0.25, 0.3) is 0 Å². The topological polar surface area (TPSA) is 89.1 Å². The summed E-state index contributed by atoms with van der Waals surface area (Å²) in [6.45, 7) is 3.34. The molecular formula is C14H11N3O3. The fourth-order valence-corrected chi connectivity index (χ4v) is 1.74. The van der Waals surface area contributed by atoms with Crippen molar-refractivity contribution in [2.75, 3.05) is 0 Å². The molecule has 0 radical (unpaired) electrons. The van der Waals surface area contributed by atoms with Gasteiger partial charge in [-0.2, -0.15) is 5.26 Å². The molecule has 1 aromatic heterocycles. The van der Waals surface area contributed by atoms with E-state index >= 15 is 0 Å². The number of aryl methyl sites for hydroxylation is 2. The first-order chi connectivity index (χ1) is 9.52. The number of aromatic nitrogens is 1. The van der Waals surface area contributed by atoms with Gasteiger partial charge in [-0.1, -0.05) is 0 Å². The van der Waals surface area contributed by atoms with Gasteiger partial charge in [0.1, 0.15) is 17.4 Å². The number of benzene rings is 1. The lowest BCUT2D eigenvalue weighted by Gasteiger charge is -2.09. The van der Waals surface area contributed by atoms with E-state index in [1.165, 1.54) is 12.3 Å². The van der Waals surface area contributed by atoms with Crippen molar-refractivity contribution in [2.45, 2.75) is 13.8 Å². The summed E-state index contributed by atoms with van der Waals surface area (Å²) in [5.74, 6) is 0.634. The highest BCUT2D eigenvalue weighted by molar-refractivity contribution is 5.51. The molecule has 2 rings (SSSR count). The van der Waals surface area contributed by atoms with Gasteiger partial charge in [0.25, 0.3) is 5.69 Å². The third-order valence-electron chi connectivity index (χ3n) is 2.79. The molecular weight excluding hydrogens is 258 g/mol. The van der Waals surface area contributed by atoms with E-state index in [4.69, 9.17) is 10.00 Å². The summed E-state index contributed by atoms with van der Waals surface area (Å²) in [5.41, 5.74) is 1.45. The van der Waals surface area contributed by atoms with Crippen LogP contribution in [0.5, 0.6) is 11.6 Å². The summed E-state index contributed by atoms with van der Waals surface area (Å²) in [4.78, 5) is 14.4. The first kappa shape index (κ1) is 13.5. The van der Waals surface area contributed by atoms with E-state index in [1.807, 2.05) is 6.07 Å². The number of nitriles is 1. The Morgan fingerprint density at radius 3 is 2.75 bits per heavy atom. The Bertz CT molecular complexity index is 720. The molecule has 0 saturated carbocycles. The highest BCUT2D eigenvalue weighted by atomic mass is 16.6. The minimum Gasteiger partial charge on any atom is -0.437 e.